The lowest BCUT2D eigenvalue weighted by Crippen LogP contribution is -2.45. The molecule has 22 heavy (non-hydrogen) atoms. The van der Waals surface area contributed by atoms with Crippen molar-refractivity contribution in [2.45, 2.75) is 25.8 Å². The van der Waals surface area contributed by atoms with Gasteiger partial charge in [-0.25, -0.2) is 0 Å². The largest absolute Gasteiger partial charge is 0.341 e. The van der Waals surface area contributed by atoms with Gasteiger partial charge in [-0.2, -0.15) is 5.10 Å². The van der Waals surface area contributed by atoms with Crippen molar-refractivity contribution in [1.29, 1.82) is 0 Å². The van der Waals surface area contributed by atoms with E-state index in [-0.39, 0.29) is 5.91 Å². The monoisotopic (exact) mass is 298 g/mol. The fourth-order valence-corrected chi connectivity index (χ4v) is 3.83. The first-order valence-electron chi connectivity index (χ1n) is 8.15. The molecule has 1 N–H and O–H groups in total. The Bertz CT molecular complexity index is 677. The number of para-hydroxylation sites is 1. The number of aromatic nitrogens is 2. The quantitative estimate of drug-likeness (QED) is 0.917. The standard InChI is InChI=1S/C17H22N4O/c22-16(12-21-15-4-2-1-3-14(15)11-19-21)20-9-6-17(7-10-20)5-8-18-13-17/h1-4,11,18H,5-10,12-13H2. The number of rotatable bonds is 2. The summed E-state index contributed by atoms with van der Waals surface area (Å²) in [5, 5.41) is 8.91. The summed E-state index contributed by atoms with van der Waals surface area (Å²) in [6, 6.07) is 8.03. The number of likely N-dealkylation sites (tertiary alicyclic amines) is 1. The molecule has 5 nitrogen and oxygen atoms in total. The number of nitrogens with one attached hydrogen (secondary N) is 1. The zero-order chi connectivity index (χ0) is 15.0. The van der Waals surface area contributed by atoms with Crippen LogP contribution in [0.15, 0.2) is 30.5 Å². The Morgan fingerprint density at radius 1 is 1.23 bits per heavy atom. The Balaban J connectivity index is 1.42. The van der Waals surface area contributed by atoms with Crippen molar-refractivity contribution in [2.75, 3.05) is 26.2 Å². The van der Waals surface area contributed by atoms with E-state index in [0.29, 0.717) is 12.0 Å². The molecule has 2 saturated heterocycles. The topological polar surface area (TPSA) is 50.2 Å². The van der Waals surface area contributed by atoms with E-state index in [2.05, 4.69) is 10.4 Å². The van der Waals surface area contributed by atoms with Gasteiger partial charge < -0.3 is 10.2 Å². The predicted molar refractivity (Wildman–Crippen MR) is 85.5 cm³/mol. The molecule has 4 rings (SSSR count). The van der Waals surface area contributed by atoms with Gasteiger partial charge in [-0.05, 0) is 37.3 Å². The minimum absolute atomic E-state index is 0.189. The van der Waals surface area contributed by atoms with Crippen LogP contribution < -0.4 is 5.32 Å². The fourth-order valence-electron chi connectivity index (χ4n) is 3.83. The Hall–Kier alpha value is -1.88. The van der Waals surface area contributed by atoms with Crippen LogP contribution in [0.1, 0.15) is 19.3 Å². The molecule has 1 spiro atoms. The van der Waals surface area contributed by atoms with Gasteiger partial charge in [0, 0.05) is 25.0 Å². The Kier molecular flexibility index (Phi) is 3.37. The summed E-state index contributed by atoms with van der Waals surface area (Å²) < 4.78 is 1.82. The normalized spacial score (nSPS) is 20.8. The Labute approximate surface area is 130 Å². The molecule has 1 aromatic heterocycles. The zero-order valence-electron chi connectivity index (χ0n) is 12.8. The van der Waals surface area contributed by atoms with E-state index >= 15 is 0 Å². The van der Waals surface area contributed by atoms with Crippen molar-refractivity contribution in [2.24, 2.45) is 5.41 Å². The van der Waals surface area contributed by atoms with E-state index in [1.165, 1.54) is 6.42 Å². The minimum Gasteiger partial charge on any atom is -0.341 e. The SMILES string of the molecule is O=C(Cn1ncc2ccccc21)N1CCC2(CCNC2)CC1. The number of hydrogen-bond acceptors (Lipinski definition) is 3. The van der Waals surface area contributed by atoms with Crippen molar-refractivity contribution < 1.29 is 4.79 Å². The van der Waals surface area contributed by atoms with Crippen LogP contribution in [0.3, 0.4) is 0 Å². The molecule has 0 bridgehead atoms. The van der Waals surface area contributed by atoms with Crippen molar-refractivity contribution in [3.8, 4) is 0 Å². The average Bonchev–Trinajstić information content (AvgIpc) is 3.16. The fraction of sp³-hybridized carbons (Fsp3) is 0.529. The van der Waals surface area contributed by atoms with Crippen LogP contribution in [-0.2, 0) is 11.3 Å². The summed E-state index contributed by atoms with van der Waals surface area (Å²) in [7, 11) is 0. The number of carbonyl (C=O) groups is 1. The van der Waals surface area contributed by atoms with Gasteiger partial charge in [0.05, 0.1) is 11.7 Å². The first-order valence-corrected chi connectivity index (χ1v) is 8.15. The molecule has 116 valence electrons. The van der Waals surface area contributed by atoms with E-state index in [1.807, 2.05) is 40.0 Å². The summed E-state index contributed by atoms with van der Waals surface area (Å²) in [4.78, 5) is 14.6. The molecule has 0 aliphatic carbocycles. The summed E-state index contributed by atoms with van der Waals surface area (Å²) in [6.07, 6.45) is 5.36. The Morgan fingerprint density at radius 2 is 2.05 bits per heavy atom. The molecular formula is C17H22N4O. The summed E-state index contributed by atoms with van der Waals surface area (Å²) in [5.41, 5.74) is 1.49. The maximum atomic E-state index is 12.6. The van der Waals surface area contributed by atoms with E-state index in [1.54, 1.807) is 0 Å². The number of amides is 1. The van der Waals surface area contributed by atoms with E-state index in [4.69, 9.17) is 0 Å². The summed E-state index contributed by atoms with van der Waals surface area (Å²) in [5.74, 6) is 0.189. The van der Waals surface area contributed by atoms with Gasteiger partial charge in [-0.15, -0.1) is 0 Å². The van der Waals surface area contributed by atoms with Crippen LogP contribution >= 0.6 is 0 Å². The second-order valence-corrected chi connectivity index (χ2v) is 6.67. The van der Waals surface area contributed by atoms with Gasteiger partial charge in [-0.3, -0.25) is 9.48 Å². The molecule has 2 aliphatic rings. The third-order valence-electron chi connectivity index (χ3n) is 5.34. The molecule has 0 radical (unpaired) electrons. The van der Waals surface area contributed by atoms with Crippen molar-refractivity contribution in [3.63, 3.8) is 0 Å². The Morgan fingerprint density at radius 3 is 2.82 bits per heavy atom. The van der Waals surface area contributed by atoms with Gasteiger partial charge in [0.25, 0.3) is 0 Å². The van der Waals surface area contributed by atoms with E-state index in [9.17, 15) is 4.79 Å². The third-order valence-corrected chi connectivity index (χ3v) is 5.34. The van der Waals surface area contributed by atoms with E-state index < -0.39 is 0 Å². The van der Waals surface area contributed by atoms with E-state index in [0.717, 1.165) is 49.9 Å². The number of carbonyl (C=O) groups excluding carboxylic acids is 1. The van der Waals surface area contributed by atoms with Crippen LogP contribution in [0.25, 0.3) is 10.9 Å². The molecule has 1 aromatic carbocycles. The van der Waals surface area contributed by atoms with Gasteiger partial charge in [0.1, 0.15) is 6.54 Å². The lowest BCUT2D eigenvalue weighted by molar-refractivity contribution is -0.134. The molecule has 2 aromatic rings. The number of nitrogens with zero attached hydrogens (tertiary/aromatic N) is 3. The highest BCUT2D eigenvalue weighted by Crippen LogP contribution is 2.36. The second kappa shape index (κ2) is 5.39. The highest BCUT2D eigenvalue weighted by molar-refractivity contribution is 5.82. The molecule has 3 heterocycles. The first kappa shape index (κ1) is 13.8. The van der Waals surface area contributed by atoms with Crippen LogP contribution in [-0.4, -0.2) is 46.8 Å². The lowest BCUT2D eigenvalue weighted by atomic mass is 9.78. The van der Waals surface area contributed by atoms with Crippen molar-refractivity contribution in [1.82, 2.24) is 20.0 Å². The molecule has 0 atom stereocenters. The zero-order valence-corrected chi connectivity index (χ0v) is 12.8. The molecule has 0 saturated carbocycles. The maximum absolute atomic E-state index is 12.6. The highest BCUT2D eigenvalue weighted by atomic mass is 16.2. The van der Waals surface area contributed by atoms with Crippen LogP contribution in [0.2, 0.25) is 0 Å². The number of benzene rings is 1. The summed E-state index contributed by atoms with van der Waals surface area (Å²) >= 11 is 0. The average molecular weight is 298 g/mol. The second-order valence-electron chi connectivity index (χ2n) is 6.67. The first-order chi connectivity index (χ1) is 10.8. The van der Waals surface area contributed by atoms with Gasteiger partial charge in [-0.1, -0.05) is 18.2 Å². The lowest BCUT2D eigenvalue weighted by Gasteiger charge is -2.38. The van der Waals surface area contributed by atoms with Crippen LogP contribution in [0.4, 0.5) is 0 Å². The maximum Gasteiger partial charge on any atom is 0.244 e. The van der Waals surface area contributed by atoms with Gasteiger partial charge in [0.15, 0.2) is 0 Å². The van der Waals surface area contributed by atoms with Gasteiger partial charge >= 0.3 is 0 Å². The molecule has 2 aliphatic heterocycles. The van der Waals surface area contributed by atoms with Crippen molar-refractivity contribution >= 4 is 16.8 Å². The highest BCUT2D eigenvalue weighted by Gasteiger charge is 2.37. The van der Waals surface area contributed by atoms with Crippen LogP contribution in [0, 0.1) is 5.41 Å². The van der Waals surface area contributed by atoms with Crippen molar-refractivity contribution in [3.05, 3.63) is 30.5 Å². The van der Waals surface area contributed by atoms with Gasteiger partial charge in [0.2, 0.25) is 5.91 Å². The summed E-state index contributed by atoms with van der Waals surface area (Å²) in [6.45, 7) is 4.38. The molecule has 0 unspecified atom stereocenters. The minimum atomic E-state index is 0.189. The third kappa shape index (κ3) is 2.39. The smallest absolute Gasteiger partial charge is 0.244 e. The molecule has 1 amide bonds. The number of fused-ring (bicyclic) bond motifs is 1. The van der Waals surface area contributed by atoms with Crippen LogP contribution in [0.5, 0.6) is 0 Å². The molecule has 5 heteroatoms. The number of hydrogen-bond donors (Lipinski definition) is 1. The molecule has 2 fully saturated rings. The number of piperidine rings is 1. The predicted octanol–water partition coefficient (Wildman–Crippen LogP) is 1.64. The molecular weight excluding hydrogens is 276 g/mol.